The number of benzene rings is 1. The molecule has 2 nitrogen and oxygen atoms in total. The molecule has 1 aromatic rings. The standard InChI is InChI=1S/C16H26N2/c1-12-6-5-7-15(10-12)14(3)17-16-8-9-18(4)11-13(16)2/h5-7,10,13-14,16-17H,8-9,11H2,1-4H3. The maximum atomic E-state index is 3.81. The Morgan fingerprint density at radius 3 is 2.83 bits per heavy atom. The van der Waals surface area contributed by atoms with E-state index in [9.17, 15) is 0 Å². The monoisotopic (exact) mass is 246 g/mol. The minimum Gasteiger partial charge on any atom is -0.307 e. The van der Waals surface area contributed by atoms with Crippen LogP contribution in [0.1, 0.15) is 37.4 Å². The van der Waals surface area contributed by atoms with Crippen molar-refractivity contribution >= 4 is 0 Å². The fourth-order valence-corrected chi connectivity index (χ4v) is 2.96. The van der Waals surface area contributed by atoms with Crippen LogP contribution in [0.3, 0.4) is 0 Å². The van der Waals surface area contributed by atoms with Gasteiger partial charge in [-0.25, -0.2) is 0 Å². The van der Waals surface area contributed by atoms with Gasteiger partial charge in [0.15, 0.2) is 0 Å². The third-order valence-corrected chi connectivity index (χ3v) is 4.11. The van der Waals surface area contributed by atoms with E-state index < -0.39 is 0 Å². The highest BCUT2D eigenvalue weighted by Gasteiger charge is 2.25. The van der Waals surface area contributed by atoms with Crippen LogP contribution in [0, 0.1) is 12.8 Å². The van der Waals surface area contributed by atoms with E-state index in [1.165, 1.54) is 30.6 Å². The highest BCUT2D eigenvalue weighted by molar-refractivity contribution is 5.24. The summed E-state index contributed by atoms with van der Waals surface area (Å²) in [6.45, 7) is 9.21. The maximum absolute atomic E-state index is 3.81. The Morgan fingerprint density at radius 1 is 1.39 bits per heavy atom. The lowest BCUT2D eigenvalue weighted by atomic mass is 9.92. The van der Waals surface area contributed by atoms with Crippen LogP contribution in [0.25, 0.3) is 0 Å². The molecule has 0 radical (unpaired) electrons. The molecule has 3 unspecified atom stereocenters. The lowest BCUT2D eigenvalue weighted by Crippen LogP contribution is -2.47. The van der Waals surface area contributed by atoms with E-state index in [4.69, 9.17) is 0 Å². The van der Waals surface area contributed by atoms with Gasteiger partial charge in [0.25, 0.3) is 0 Å². The summed E-state index contributed by atoms with van der Waals surface area (Å²) in [6.07, 6.45) is 1.26. The molecule has 0 amide bonds. The number of aryl methyl sites for hydroxylation is 1. The summed E-state index contributed by atoms with van der Waals surface area (Å²) in [5, 5.41) is 3.81. The minimum atomic E-state index is 0.445. The van der Waals surface area contributed by atoms with Crippen LogP contribution in [-0.4, -0.2) is 31.1 Å². The zero-order valence-electron chi connectivity index (χ0n) is 12.1. The van der Waals surface area contributed by atoms with Crippen molar-refractivity contribution in [2.24, 2.45) is 5.92 Å². The first-order chi connectivity index (χ1) is 8.56. The molecule has 1 aliphatic rings. The highest BCUT2D eigenvalue weighted by Crippen LogP contribution is 2.20. The van der Waals surface area contributed by atoms with Crippen molar-refractivity contribution in [2.45, 2.75) is 39.3 Å². The van der Waals surface area contributed by atoms with E-state index >= 15 is 0 Å². The van der Waals surface area contributed by atoms with Crippen molar-refractivity contribution in [1.29, 1.82) is 0 Å². The van der Waals surface area contributed by atoms with Gasteiger partial charge in [0, 0.05) is 18.6 Å². The molecule has 0 spiro atoms. The van der Waals surface area contributed by atoms with E-state index in [2.05, 4.69) is 62.3 Å². The van der Waals surface area contributed by atoms with E-state index in [1.807, 2.05) is 0 Å². The molecule has 18 heavy (non-hydrogen) atoms. The van der Waals surface area contributed by atoms with Gasteiger partial charge in [-0.2, -0.15) is 0 Å². The van der Waals surface area contributed by atoms with Crippen LogP contribution in [0.15, 0.2) is 24.3 Å². The van der Waals surface area contributed by atoms with Gasteiger partial charge in [-0.1, -0.05) is 36.8 Å². The summed E-state index contributed by atoms with van der Waals surface area (Å²) in [5.41, 5.74) is 2.75. The molecule has 1 aromatic carbocycles. The Balaban J connectivity index is 1.97. The van der Waals surface area contributed by atoms with Gasteiger partial charge in [-0.15, -0.1) is 0 Å². The summed E-state index contributed by atoms with van der Waals surface area (Å²) >= 11 is 0. The number of nitrogens with zero attached hydrogens (tertiary/aromatic N) is 1. The first-order valence-corrected chi connectivity index (χ1v) is 7.07. The normalized spacial score (nSPS) is 27.1. The Labute approximate surface area is 111 Å². The van der Waals surface area contributed by atoms with Crippen LogP contribution in [0.2, 0.25) is 0 Å². The summed E-state index contributed by atoms with van der Waals surface area (Å²) in [6, 6.07) is 9.93. The van der Waals surface area contributed by atoms with E-state index in [-0.39, 0.29) is 0 Å². The molecule has 1 N–H and O–H groups in total. The quantitative estimate of drug-likeness (QED) is 0.882. The topological polar surface area (TPSA) is 15.3 Å². The smallest absolute Gasteiger partial charge is 0.0294 e. The molecule has 1 aliphatic heterocycles. The molecular formula is C16H26N2. The van der Waals surface area contributed by atoms with Gasteiger partial charge in [-0.05, 0) is 45.3 Å². The molecule has 1 heterocycles. The maximum Gasteiger partial charge on any atom is 0.0294 e. The molecule has 0 aromatic heterocycles. The molecule has 100 valence electrons. The van der Waals surface area contributed by atoms with Crippen molar-refractivity contribution in [2.75, 3.05) is 20.1 Å². The molecule has 0 aliphatic carbocycles. The predicted octanol–water partition coefficient (Wildman–Crippen LogP) is 2.99. The number of hydrogen-bond acceptors (Lipinski definition) is 2. The average Bonchev–Trinajstić information content (AvgIpc) is 2.32. The first kappa shape index (κ1) is 13.6. The molecular weight excluding hydrogens is 220 g/mol. The highest BCUT2D eigenvalue weighted by atomic mass is 15.1. The fourth-order valence-electron chi connectivity index (χ4n) is 2.96. The number of rotatable bonds is 3. The second kappa shape index (κ2) is 5.85. The van der Waals surface area contributed by atoms with Crippen molar-refractivity contribution in [1.82, 2.24) is 10.2 Å². The minimum absolute atomic E-state index is 0.445. The second-order valence-corrected chi connectivity index (χ2v) is 5.94. The Hall–Kier alpha value is -0.860. The molecule has 1 saturated heterocycles. The van der Waals surface area contributed by atoms with Gasteiger partial charge >= 0.3 is 0 Å². The van der Waals surface area contributed by atoms with Crippen LogP contribution in [0.4, 0.5) is 0 Å². The van der Waals surface area contributed by atoms with Crippen molar-refractivity contribution in [3.63, 3.8) is 0 Å². The summed E-state index contributed by atoms with van der Waals surface area (Å²) < 4.78 is 0. The molecule has 2 heteroatoms. The zero-order chi connectivity index (χ0) is 13.1. The molecule has 0 bridgehead atoms. The lowest BCUT2D eigenvalue weighted by molar-refractivity contribution is 0.168. The Kier molecular flexibility index (Phi) is 4.41. The van der Waals surface area contributed by atoms with Crippen molar-refractivity contribution in [3.05, 3.63) is 35.4 Å². The summed E-state index contributed by atoms with van der Waals surface area (Å²) in [4.78, 5) is 2.43. The molecule has 3 atom stereocenters. The third-order valence-electron chi connectivity index (χ3n) is 4.11. The van der Waals surface area contributed by atoms with E-state index in [0.717, 1.165) is 5.92 Å². The van der Waals surface area contributed by atoms with Crippen molar-refractivity contribution < 1.29 is 0 Å². The fraction of sp³-hybridized carbons (Fsp3) is 0.625. The Bertz CT molecular complexity index is 388. The second-order valence-electron chi connectivity index (χ2n) is 5.94. The SMILES string of the molecule is Cc1cccc(C(C)NC2CCN(C)CC2C)c1. The largest absolute Gasteiger partial charge is 0.307 e. The number of nitrogens with one attached hydrogen (secondary N) is 1. The summed E-state index contributed by atoms with van der Waals surface area (Å²) in [5.74, 6) is 0.732. The lowest BCUT2D eigenvalue weighted by Gasteiger charge is -2.37. The van der Waals surface area contributed by atoms with E-state index in [0.29, 0.717) is 12.1 Å². The first-order valence-electron chi connectivity index (χ1n) is 7.07. The summed E-state index contributed by atoms with van der Waals surface area (Å²) in [7, 11) is 2.22. The van der Waals surface area contributed by atoms with Crippen LogP contribution >= 0.6 is 0 Å². The van der Waals surface area contributed by atoms with Gasteiger partial charge < -0.3 is 10.2 Å². The van der Waals surface area contributed by atoms with Gasteiger partial charge in [-0.3, -0.25) is 0 Å². The average molecular weight is 246 g/mol. The molecule has 1 fully saturated rings. The van der Waals surface area contributed by atoms with Gasteiger partial charge in [0.2, 0.25) is 0 Å². The predicted molar refractivity (Wildman–Crippen MR) is 77.8 cm³/mol. The van der Waals surface area contributed by atoms with Crippen LogP contribution in [0.5, 0.6) is 0 Å². The zero-order valence-corrected chi connectivity index (χ0v) is 12.1. The van der Waals surface area contributed by atoms with Gasteiger partial charge in [0.1, 0.15) is 0 Å². The van der Waals surface area contributed by atoms with E-state index in [1.54, 1.807) is 0 Å². The molecule has 2 rings (SSSR count). The number of hydrogen-bond donors (Lipinski definition) is 1. The molecule has 0 saturated carbocycles. The van der Waals surface area contributed by atoms with Crippen LogP contribution in [-0.2, 0) is 0 Å². The number of piperidine rings is 1. The third kappa shape index (κ3) is 3.33. The Morgan fingerprint density at radius 2 is 2.17 bits per heavy atom. The van der Waals surface area contributed by atoms with Crippen LogP contribution < -0.4 is 5.32 Å². The van der Waals surface area contributed by atoms with Crippen molar-refractivity contribution in [3.8, 4) is 0 Å². The van der Waals surface area contributed by atoms with Gasteiger partial charge in [0.05, 0.1) is 0 Å². The number of likely N-dealkylation sites (tertiary alicyclic amines) is 1.